The molecule has 10 heteroatoms. The average Bonchev–Trinajstić information content (AvgIpc) is 3.02. The molecule has 0 aliphatic heterocycles. The van der Waals surface area contributed by atoms with Crippen molar-refractivity contribution in [3.63, 3.8) is 0 Å². The Morgan fingerprint density at radius 2 is 2.15 bits per heavy atom. The quantitative estimate of drug-likeness (QED) is 0.320. The molecule has 0 unspecified atom stereocenters. The van der Waals surface area contributed by atoms with E-state index in [4.69, 9.17) is 9.47 Å². The number of hydrogen-bond donors (Lipinski definition) is 2. The number of ether oxygens (including phenoxy) is 2. The van der Waals surface area contributed by atoms with Crippen molar-refractivity contribution in [2.24, 2.45) is 0 Å². The first-order valence-corrected chi connectivity index (χ1v) is 9.61. The predicted molar refractivity (Wildman–Crippen MR) is 102 cm³/mol. The summed E-state index contributed by atoms with van der Waals surface area (Å²) < 4.78 is 11.9. The number of thioether (sulfide) groups is 1. The number of aromatic nitrogens is 4. The summed E-state index contributed by atoms with van der Waals surface area (Å²) in [6.07, 6.45) is 1.75. The van der Waals surface area contributed by atoms with Crippen molar-refractivity contribution < 1.29 is 14.3 Å². The van der Waals surface area contributed by atoms with Gasteiger partial charge in [-0.05, 0) is 12.7 Å². The van der Waals surface area contributed by atoms with Crippen molar-refractivity contribution >= 4 is 34.5 Å². The van der Waals surface area contributed by atoms with Gasteiger partial charge in [0.05, 0.1) is 24.7 Å². The van der Waals surface area contributed by atoms with E-state index in [1.165, 1.54) is 7.11 Å². The van der Waals surface area contributed by atoms with Crippen LogP contribution < -0.4 is 10.6 Å². The minimum Gasteiger partial charge on any atom is -0.380 e. The third-order valence-electron chi connectivity index (χ3n) is 3.41. The molecule has 0 aliphatic carbocycles. The Labute approximate surface area is 157 Å². The molecule has 26 heavy (non-hydrogen) atoms. The van der Waals surface area contributed by atoms with Gasteiger partial charge in [0, 0.05) is 26.8 Å². The number of amides is 1. The molecule has 0 saturated carbocycles. The first-order valence-electron chi connectivity index (χ1n) is 8.63. The Bertz CT molecular complexity index is 709. The number of carbonyl (C=O) groups is 1. The van der Waals surface area contributed by atoms with E-state index < -0.39 is 0 Å². The van der Waals surface area contributed by atoms with Crippen molar-refractivity contribution in [2.45, 2.75) is 25.5 Å². The van der Waals surface area contributed by atoms with E-state index in [1.807, 2.05) is 6.92 Å². The van der Waals surface area contributed by atoms with Gasteiger partial charge in [0.2, 0.25) is 5.91 Å². The van der Waals surface area contributed by atoms with Crippen LogP contribution in [0, 0.1) is 0 Å². The minimum atomic E-state index is -0.154. The second-order valence-corrected chi connectivity index (χ2v) is 6.53. The standard InChI is InChI=1S/C16H26N6O3S/c1-4-25-9-7-18-14-12-10-19-22(8-6-17-13(23)11-24-3)15(12)21-16(20-14)26-5-2/h10H,4-9,11H2,1-3H3,(H,17,23)(H,18,20,21). The summed E-state index contributed by atoms with van der Waals surface area (Å²) in [5, 5.41) is 12.0. The van der Waals surface area contributed by atoms with Gasteiger partial charge in [0.15, 0.2) is 10.8 Å². The molecule has 2 aromatic rings. The Kier molecular flexibility index (Phi) is 8.59. The van der Waals surface area contributed by atoms with Crippen LogP contribution in [0.4, 0.5) is 5.82 Å². The van der Waals surface area contributed by atoms with Crippen molar-refractivity contribution in [3.05, 3.63) is 6.20 Å². The van der Waals surface area contributed by atoms with E-state index in [1.54, 1.807) is 22.6 Å². The summed E-state index contributed by atoms with van der Waals surface area (Å²) in [7, 11) is 1.49. The predicted octanol–water partition coefficient (Wildman–Crippen LogP) is 1.15. The monoisotopic (exact) mass is 382 g/mol. The highest BCUT2D eigenvalue weighted by Gasteiger charge is 2.13. The zero-order valence-corrected chi connectivity index (χ0v) is 16.3. The maximum Gasteiger partial charge on any atom is 0.246 e. The molecule has 0 fully saturated rings. The summed E-state index contributed by atoms with van der Waals surface area (Å²) in [5.41, 5.74) is 0.746. The number of fused-ring (bicyclic) bond motifs is 1. The molecule has 0 atom stereocenters. The first-order chi connectivity index (χ1) is 12.7. The lowest BCUT2D eigenvalue weighted by Gasteiger charge is -2.09. The number of carbonyl (C=O) groups excluding carboxylic acids is 1. The van der Waals surface area contributed by atoms with E-state index in [2.05, 4.69) is 32.6 Å². The Balaban J connectivity index is 2.13. The van der Waals surface area contributed by atoms with Gasteiger partial charge in [-0.3, -0.25) is 4.79 Å². The molecular formula is C16H26N6O3S. The summed E-state index contributed by atoms with van der Waals surface area (Å²) in [4.78, 5) is 20.7. The van der Waals surface area contributed by atoms with Gasteiger partial charge in [0.25, 0.3) is 0 Å². The topological polar surface area (TPSA) is 103 Å². The molecule has 1 amide bonds. The zero-order chi connectivity index (χ0) is 18.8. The van der Waals surface area contributed by atoms with E-state index in [9.17, 15) is 4.79 Å². The molecule has 0 aromatic carbocycles. The highest BCUT2D eigenvalue weighted by Crippen LogP contribution is 2.24. The van der Waals surface area contributed by atoms with Crippen molar-refractivity contribution in [1.29, 1.82) is 0 Å². The molecule has 0 spiro atoms. The first kappa shape index (κ1) is 20.4. The largest absolute Gasteiger partial charge is 0.380 e. The van der Waals surface area contributed by atoms with Crippen LogP contribution >= 0.6 is 11.8 Å². The van der Waals surface area contributed by atoms with Crippen LogP contribution in [-0.4, -0.2) is 71.4 Å². The third-order valence-corrected chi connectivity index (χ3v) is 4.14. The van der Waals surface area contributed by atoms with E-state index in [0.29, 0.717) is 38.0 Å². The van der Waals surface area contributed by atoms with Crippen LogP contribution in [0.1, 0.15) is 13.8 Å². The highest BCUT2D eigenvalue weighted by atomic mass is 32.2. The Morgan fingerprint density at radius 3 is 2.88 bits per heavy atom. The number of methoxy groups -OCH3 is 1. The Hall–Kier alpha value is -1.91. The number of nitrogens with zero attached hydrogens (tertiary/aromatic N) is 4. The van der Waals surface area contributed by atoms with Crippen LogP contribution in [0.3, 0.4) is 0 Å². The molecule has 0 aliphatic rings. The number of hydrogen-bond acceptors (Lipinski definition) is 8. The molecule has 2 rings (SSSR count). The fourth-order valence-electron chi connectivity index (χ4n) is 2.30. The van der Waals surface area contributed by atoms with E-state index in [0.717, 1.165) is 22.6 Å². The van der Waals surface area contributed by atoms with Gasteiger partial charge in [-0.15, -0.1) is 0 Å². The van der Waals surface area contributed by atoms with Crippen LogP contribution in [0.25, 0.3) is 11.0 Å². The van der Waals surface area contributed by atoms with Gasteiger partial charge >= 0.3 is 0 Å². The van der Waals surface area contributed by atoms with Gasteiger partial charge in [-0.2, -0.15) is 5.10 Å². The molecular weight excluding hydrogens is 356 g/mol. The van der Waals surface area contributed by atoms with Crippen molar-refractivity contribution in [1.82, 2.24) is 25.1 Å². The average molecular weight is 382 g/mol. The second-order valence-electron chi connectivity index (χ2n) is 5.30. The molecule has 0 saturated heterocycles. The van der Waals surface area contributed by atoms with E-state index in [-0.39, 0.29) is 12.5 Å². The lowest BCUT2D eigenvalue weighted by atomic mass is 10.4. The molecule has 2 aromatic heterocycles. The lowest BCUT2D eigenvalue weighted by molar-refractivity contribution is -0.124. The maximum atomic E-state index is 11.5. The minimum absolute atomic E-state index is 0.0488. The van der Waals surface area contributed by atoms with Crippen LogP contribution in [0.2, 0.25) is 0 Å². The maximum absolute atomic E-state index is 11.5. The molecule has 2 heterocycles. The zero-order valence-electron chi connectivity index (χ0n) is 15.4. The highest BCUT2D eigenvalue weighted by molar-refractivity contribution is 7.99. The number of rotatable bonds is 12. The summed E-state index contributed by atoms with van der Waals surface area (Å²) in [5.74, 6) is 1.48. The second kappa shape index (κ2) is 10.9. The van der Waals surface area contributed by atoms with E-state index >= 15 is 0 Å². The summed E-state index contributed by atoms with van der Waals surface area (Å²) >= 11 is 1.57. The third kappa shape index (κ3) is 5.82. The molecule has 0 bridgehead atoms. The van der Waals surface area contributed by atoms with Gasteiger partial charge in [-0.1, -0.05) is 18.7 Å². The van der Waals surface area contributed by atoms with Crippen LogP contribution in [-0.2, 0) is 20.8 Å². The summed E-state index contributed by atoms with van der Waals surface area (Å²) in [6.45, 7) is 7.00. The lowest BCUT2D eigenvalue weighted by Crippen LogP contribution is -2.30. The summed E-state index contributed by atoms with van der Waals surface area (Å²) in [6, 6.07) is 0. The smallest absolute Gasteiger partial charge is 0.246 e. The molecule has 2 N–H and O–H groups in total. The molecule has 0 radical (unpaired) electrons. The van der Waals surface area contributed by atoms with Gasteiger partial charge in [0.1, 0.15) is 12.4 Å². The SMILES string of the molecule is CCOCCNc1nc(SCC)nc2c1cnn2CCNC(=O)COC. The molecule has 9 nitrogen and oxygen atoms in total. The van der Waals surface area contributed by atoms with Crippen molar-refractivity contribution in [3.8, 4) is 0 Å². The van der Waals surface area contributed by atoms with Crippen molar-refractivity contribution in [2.75, 3.05) is 51.1 Å². The van der Waals surface area contributed by atoms with Gasteiger partial charge in [-0.25, -0.2) is 14.6 Å². The number of nitrogens with one attached hydrogen (secondary N) is 2. The van der Waals surface area contributed by atoms with Crippen LogP contribution in [0.5, 0.6) is 0 Å². The normalized spacial score (nSPS) is 11.0. The Morgan fingerprint density at radius 1 is 1.31 bits per heavy atom. The molecule has 144 valence electrons. The fourth-order valence-corrected chi connectivity index (χ4v) is 2.86. The van der Waals surface area contributed by atoms with Gasteiger partial charge < -0.3 is 20.1 Å². The van der Waals surface area contributed by atoms with Crippen LogP contribution in [0.15, 0.2) is 11.4 Å². The fraction of sp³-hybridized carbons (Fsp3) is 0.625. The number of anilines is 1.